The second-order valence-electron chi connectivity index (χ2n) is 9.66. The number of furan rings is 2. The van der Waals surface area contributed by atoms with Crippen LogP contribution in [0.25, 0.3) is 88.8 Å². The molecule has 0 saturated heterocycles. The highest BCUT2D eigenvalue weighted by atomic mass is 16.3. The van der Waals surface area contributed by atoms with E-state index in [0.717, 1.165) is 10.8 Å². The number of hydrogen-bond acceptors (Lipinski definition) is 5. The summed E-state index contributed by atoms with van der Waals surface area (Å²) in [5.41, 5.74) is 0.728. The predicted molar refractivity (Wildman–Crippen MR) is 168 cm³/mol. The van der Waals surface area contributed by atoms with Crippen LogP contribution in [0.15, 0.2) is 136 Å². The van der Waals surface area contributed by atoms with Crippen LogP contribution < -0.4 is 0 Å². The summed E-state index contributed by atoms with van der Waals surface area (Å²) in [6, 6.07) is 16.0. The third-order valence-electron chi connectivity index (χ3n) is 7.25. The number of nitrogens with zero attached hydrogens (tertiary/aromatic N) is 3. The van der Waals surface area contributed by atoms with E-state index in [1.165, 1.54) is 24.3 Å². The molecule has 196 valence electrons. The Bertz CT molecular complexity index is 2890. The molecule has 0 saturated carbocycles. The van der Waals surface area contributed by atoms with Crippen molar-refractivity contribution < 1.29 is 22.5 Å². The van der Waals surface area contributed by atoms with Crippen LogP contribution >= 0.6 is 0 Å². The molecule has 0 radical (unpaired) electrons. The van der Waals surface area contributed by atoms with Gasteiger partial charge in [-0.15, -0.1) is 0 Å². The second-order valence-corrected chi connectivity index (χ2v) is 9.66. The summed E-state index contributed by atoms with van der Waals surface area (Å²) in [5.74, 6) is 0.0536. The number of rotatable bonds is 3. The summed E-state index contributed by atoms with van der Waals surface area (Å²) in [5, 5.41) is 2.71. The van der Waals surface area contributed by atoms with Gasteiger partial charge < -0.3 is 8.83 Å². The van der Waals surface area contributed by atoms with Gasteiger partial charge in [-0.1, -0.05) is 96.9 Å². The van der Waals surface area contributed by atoms with Crippen molar-refractivity contribution in [2.24, 2.45) is 0 Å². The Morgan fingerprint density at radius 2 is 1.05 bits per heavy atom. The Kier molecular flexibility index (Phi) is 3.21. The Hall–Kier alpha value is -5.81. The standard InChI is InChI=1S/C37H21N3O2/c1-2-10-23-21-24(20-19-22(23)9-1)35-38-36(27-13-7-17-31-33(27)25-11-3-5-15-29(25)41-31)40-37(39-35)28-14-8-18-32-34(28)26-12-4-6-16-30(26)42-32/h1-21H/i3D,4D,5D,6D,13D,14D,15D,16D,17D,18D. The summed E-state index contributed by atoms with van der Waals surface area (Å²) < 4.78 is 97.4. The van der Waals surface area contributed by atoms with Gasteiger partial charge in [0.05, 0.1) is 13.7 Å². The van der Waals surface area contributed by atoms with Gasteiger partial charge in [-0.25, -0.2) is 15.0 Å². The Morgan fingerprint density at radius 1 is 0.476 bits per heavy atom. The molecule has 0 aliphatic carbocycles. The van der Waals surface area contributed by atoms with Crippen molar-refractivity contribution in [1.82, 2.24) is 15.0 Å². The first kappa shape index (κ1) is 15.3. The molecule has 0 bridgehead atoms. The smallest absolute Gasteiger partial charge is 0.164 e. The molecule has 0 aliphatic rings. The maximum Gasteiger partial charge on any atom is 0.164 e. The summed E-state index contributed by atoms with van der Waals surface area (Å²) in [7, 11) is 0. The van der Waals surface area contributed by atoms with Crippen LogP contribution in [-0.2, 0) is 0 Å². The van der Waals surface area contributed by atoms with Crippen molar-refractivity contribution in [2.45, 2.75) is 0 Å². The van der Waals surface area contributed by atoms with Crippen molar-refractivity contribution in [1.29, 1.82) is 0 Å². The van der Waals surface area contributed by atoms with E-state index in [1.54, 1.807) is 0 Å². The van der Waals surface area contributed by atoms with Crippen molar-refractivity contribution in [3.8, 4) is 34.2 Å². The fourth-order valence-corrected chi connectivity index (χ4v) is 5.35. The van der Waals surface area contributed by atoms with E-state index in [4.69, 9.17) is 37.5 Å². The summed E-state index contributed by atoms with van der Waals surface area (Å²) >= 11 is 0. The van der Waals surface area contributed by atoms with Crippen LogP contribution in [0.2, 0.25) is 0 Å². The van der Waals surface area contributed by atoms with Gasteiger partial charge in [0.15, 0.2) is 17.5 Å². The van der Waals surface area contributed by atoms with E-state index in [1.807, 2.05) is 42.5 Å². The first-order valence-corrected chi connectivity index (χ1v) is 13.0. The fraction of sp³-hybridized carbons (Fsp3) is 0. The molecular formula is C37H21N3O2. The van der Waals surface area contributed by atoms with Gasteiger partial charge in [-0.3, -0.25) is 0 Å². The Labute approximate surface area is 253 Å². The highest BCUT2D eigenvalue weighted by Gasteiger charge is 2.20. The SMILES string of the molecule is [2H]c1cc2c(oc3c([2H])cc([2H])c(-c4nc(-c5ccc6ccccc6c5)nc(-c5c([2H])cc([2H])c6oc7c([2H])c([2H])c([2H])cc7c56)n4)c32)c([2H])c1[2H]. The highest BCUT2D eigenvalue weighted by molar-refractivity contribution is 6.13. The van der Waals surface area contributed by atoms with Crippen molar-refractivity contribution in [3.63, 3.8) is 0 Å². The molecule has 42 heavy (non-hydrogen) atoms. The number of para-hydroxylation sites is 2. The normalized spacial score (nSPS) is 15.1. The lowest BCUT2D eigenvalue weighted by Gasteiger charge is -2.10. The van der Waals surface area contributed by atoms with Gasteiger partial charge >= 0.3 is 0 Å². The Balaban J connectivity index is 1.43. The van der Waals surface area contributed by atoms with Gasteiger partial charge in [0.1, 0.15) is 22.3 Å². The third kappa shape index (κ3) is 3.47. The zero-order valence-electron chi connectivity index (χ0n) is 31.5. The number of aromatic nitrogens is 3. The van der Waals surface area contributed by atoms with E-state index >= 15 is 0 Å². The molecule has 0 N–H and O–H groups in total. The minimum Gasteiger partial charge on any atom is -0.456 e. The lowest BCUT2D eigenvalue weighted by atomic mass is 10.0. The van der Waals surface area contributed by atoms with Crippen LogP contribution in [0.1, 0.15) is 13.7 Å². The average molecular weight is 550 g/mol. The van der Waals surface area contributed by atoms with E-state index in [2.05, 4.69) is 0 Å². The third-order valence-corrected chi connectivity index (χ3v) is 7.25. The van der Waals surface area contributed by atoms with E-state index in [9.17, 15) is 0 Å². The molecule has 5 heteroatoms. The largest absolute Gasteiger partial charge is 0.456 e. The molecule has 0 atom stereocenters. The molecule has 0 amide bonds. The fourth-order valence-electron chi connectivity index (χ4n) is 5.35. The van der Waals surface area contributed by atoms with Crippen LogP contribution in [0.5, 0.6) is 0 Å². The summed E-state index contributed by atoms with van der Waals surface area (Å²) in [4.78, 5) is 14.5. The zero-order chi connectivity index (χ0) is 36.3. The van der Waals surface area contributed by atoms with Gasteiger partial charge in [0.2, 0.25) is 0 Å². The van der Waals surface area contributed by atoms with Crippen molar-refractivity contribution >= 4 is 54.6 Å². The molecule has 3 aromatic heterocycles. The van der Waals surface area contributed by atoms with Crippen molar-refractivity contribution in [2.75, 3.05) is 0 Å². The second kappa shape index (κ2) is 8.85. The minimum atomic E-state index is -0.354. The van der Waals surface area contributed by atoms with Crippen LogP contribution in [0.3, 0.4) is 0 Å². The van der Waals surface area contributed by atoms with Crippen molar-refractivity contribution in [3.05, 3.63) is 127 Å². The Morgan fingerprint density at radius 3 is 1.67 bits per heavy atom. The number of benzene rings is 6. The molecule has 0 unspecified atom stereocenters. The topological polar surface area (TPSA) is 65.0 Å². The summed E-state index contributed by atoms with van der Waals surface area (Å²) in [6.07, 6.45) is 0. The molecule has 5 nitrogen and oxygen atoms in total. The van der Waals surface area contributed by atoms with E-state index < -0.39 is 0 Å². The molecule has 3 heterocycles. The quantitative estimate of drug-likeness (QED) is 0.219. The lowest BCUT2D eigenvalue weighted by molar-refractivity contribution is 0.668. The molecule has 9 rings (SSSR count). The minimum absolute atomic E-state index is 0.00817. The van der Waals surface area contributed by atoms with Crippen LogP contribution in [-0.4, -0.2) is 15.0 Å². The average Bonchev–Trinajstić information content (AvgIpc) is 3.69. The highest BCUT2D eigenvalue weighted by Crippen LogP contribution is 2.39. The molecule has 6 aromatic carbocycles. The number of hydrogen-bond donors (Lipinski definition) is 0. The zero-order valence-corrected chi connectivity index (χ0v) is 21.5. The van der Waals surface area contributed by atoms with Gasteiger partial charge in [-0.05, 0) is 41.0 Å². The van der Waals surface area contributed by atoms with Crippen LogP contribution in [0.4, 0.5) is 0 Å². The molecule has 9 aromatic rings. The molecule has 0 spiro atoms. The maximum atomic E-state index is 9.08. The number of fused-ring (bicyclic) bond motifs is 7. The lowest BCUT2D eigenvalue weighted by Crippen LogP contribution is -2.00. The van der Waals surface area contributed by atoms with Gasteiger partial charge in [0, 0.05) is 38.2 Å². The van der Waals surface area contributed by atoms with Gasteiger partial charge in [0.25, 0.3) is 0 Å². The van der Waals surface area contributed by atoms with Gasteiger partial charge in [-0.2, -0.15) is 0 Å². The maximum absolute atomic E-state index is 9.08. The molecule has 0 aliphatic heterocycles. The molecular weight excluding hydrogens is 518 g/mol. The van der Waals surface area contributed by atoms with E-state index in [-0.39, 0.29) is 133 Å². The predicted octanol–water partition coefficient (Wildman–Crippen LogP) is 9.82. The van der Waals surface area contributed by atoms with Crippen LogP contribution in [0, 0.1) is 0 Å². The summed E-state index contributed by atoms with van der Waals surface area (Å²) in [6.45, 7) is 0. The first-order chi connectivity index (χ1) is 24.9. The monoisotopic (exact) mass is 549 g/mol. The molecule has 0 fully saturated rings. The first-order valence-electron chi connectivity index (χ1n) is 18.0. The van der Waals surface area contributed by atoms with E-state index in [0.29, 0.717) is 5.56 Å².